The molecule has 0 fully saturated rings. The average molecular weight is 437 g/mol. The number of nitrogens with one attached hydrogen (secondary N) is 1. The van der Waals surface area contributed by atoms with Crippen LogP contribution in [-0.4, -0.2) is 38.7 Å². The molecule has 2 aromatic carbocycles. The number of anilines is 2. The van der Waals surface area contributed by atoms with Crippen molar-refractivity contribution in [2.45, 2.75) is 19.4 Å². The lowest BCUT2D eigenvalue weighted by Crippen LogP contribution is -2.37. The molecule has 0 saturated heterocycles. The molecule has 6 nitrogen and oxygen atoms in total. The molecule has 31 heavy (non-hydrogen) atoms. The second-order valence-electron chi connectivity index (χ2n) is 7.43. The van der Waals surface area contributed by atoms with Gasteiger partial charge in [0.05, 0.1) is 20.8 Å². The number of fused-ring (bicyclic) bond motifs is 1. The van der Waals surface area contributed by atoms with Crippen molar-refractivity contribution in [3.8, 4) is 16.9 Å². The third-order valence-corrected chi connectivity index (χ3v) is 6.39. The number of benzene rings is 2. The molecule has 0 aliphatic carbocycles. The first-order valence-electron chi connectivity index (χ1n) is 10.0. The van der Waals surface area contributed by atoms with Crippen molar-refractivity contribution in [2.75, 3.05) is 31.0 Å². The van der Waals surface area contributed by atoms with Gasteiger partial charge in [0, 0.05) is 22.7 Å². The van der Waals surface area contributed by atoms with Gasteiger partial charge in [-0.05, 0) is 42.7 Å². The number of hydrogen-bond donors (Lipinski definition) is 1. The topological polar surface area (TPSA) is 67.9 Å². The molecule has 0 bridgehead atoms. The number of amides is 1. The molecule has 1 aliphatic rings. The van der Waals surface area contributed by atoms with Gasteiger partial charge in [0.1, 0.15) is 16.3 Å². The second-order valence-corrected chi connectivity index (χ2v) is 8.31. The number of hydrogen-bond acceptors (Lipinski definition) is 6. The quantitative estimate of drug-likeness (QED) is 0.572. The molecule has 1 atom stereocenters. The van der Waals surface area contributed by atoms with Crippen LogP contribution >= 0.6 is 11.3 Å². The summed E-state index contributed by atoms with van der Waals surface area (Å²) in [7, 11) is 2.94. The number of para-hydroxylation sites is 1. The molecule has 3 aromatic rings. The monoisotopic (exact) mass is 436 g/mol. The van der Waals surface area contributed by atoms with Gasteiger partial charge in [-0.3, -0.25) is 4.79 Å². The molecular formula is C24H24N2O4S. The van der Waals surface area contributed by atoms with E-state index in [0.29, 0.717) is 10.6 Å². The fourth-order valence-corrected chi connectivity index (χ4v) is 4.90. The molecule has 0 spiro atoms. The number of thiophene rings is 1. The van der Waals surface area contributed by atoms with Crippen molar-refractivity contribution in [2.24, 2.45) is 0 Å². The highest BCUT2D eigenvalue weighted by molar-refractivity contribution is 7.15. The summed E-state index contributed by atoms with van der Waals surface area (Å²) in [4.78, 5) is 27.6. The van der Waals surface area contributed by atoms with Gasteiger partial charge in [-0.25, -0.2) is 4.79 Å². The highest BCUT2D eigenvalue weighted by atomic mass is 32.1. The van der Waals surface area contributed by atoms with E-state index < -0.39 is 5.97 Å². The Balaban J connectivity index is 1.57. The van der Waals surface area contributed by atoms with Crippen LogP contribution < -0.4 is 15.0 Å². The van der Waals surface area contributed by atoms with Crippen LogP contribution in [0.5, 0.6) is 5.75 Å². The average Bonchev–Trinajstić information content (AvgIpc) is 3.34. The van der Waals surface area contributed by atoms with Gasteiger partial charge in [-0.15, -0.1) is 11.3 Å². The highest BCUT2D eigenvalue weighted by Crippen LogP contribution is 2.37. The van der Waals surface area contributed by atoms with Crippen LogP contribution in [0.25, 0.3) is 11.1 Å². The molecule has 2 heterocycles. The van der Waals surface area contributed by atoms with E-state index in [-0.39, 0.29) is 18.5 Å². The molecule has 1 N–H and O–H groups in total. The molecule has 0 radical (unpaired) electrons. The maximum Gasteiger partial charge on any atom is 0.341 e. The van der Waals surface area contributed by atoms with Crippen LogP contribution in [0.15, 0.2) is 53.9 Å². The van der Waals surface area contributed by atoms with Gasteiger partial charge >= 0.3 is 5.97 Å². The Labute approximate surface area is 185 Å². The molecule has 1 aromatic heterocycles. The summed E-state index contributed by atoms with van der Waals surface area (Å²) < 4.78 is 10.2. The zero-order chi connectivity index (χ0) is 22.0. The summed E-state index contributed by atoms with van der Waals surface area (Å²) in [5.74, 6) is 0.0752. The van der Waals surface area contributed by atoms with Crippen LogP contribution in [0.4, 0.5) is 10.7 Å². The van der Waals surface area contributed by atoms with E-state index in [0.717, 1.165) is 29.0 Å². The summed E-state index contributed by atoms with van der Waals surface area (Å²) >= 11 is 1.31. The number of rotatable bonds is 6. The van der Waals surface area contributed by atoms with E-state index in [2.05, 4.69) is 23.2 Å². The van der Waals surface area contributed by atoms with Gasteiger partial charge in [0.25, 0.3) is 0 Å². The third kappa shape index (κ3) is 4.14. The first-order valence-corrected chi connectivity index (χ1v) is 10.9. The fraction of sp³-hybridized carbons (Fsp3) is 0.250. The molecule has 1 unspecified atom stereocenters. The van der Waals surface area contributed by atoms with E-state index in [4.69, 9.17) is 9.47 Å². The standard InChI is InChI=1S/C24H24N2O4S/c1-15-12-17-6-4-5-7-20(17)26(15)13-21(27)25-23-22(24(28)30-3)19(14-31-23)16-8-10-18(29-2)11-9-16/h4-11,14-15H,12-13H2,1-3H3,(H,25,27). The lowest BCUT2D eigenvalue weighted by atomic mass is 10.0. The fourth-order valence-electron chi connectivity index (χ4n) is 3.93. The molecule has 0 saturated carbocycles. The first-order chi connectivity index (χ1) is 15.0. The third-order valence-electron chi connectivity index (χ3n) is 5.50. The minimum absolute atomic E-state index is 0.170. The van der Waals surface area contributed by atoms with Gasteiger partial charge in [-0.1, -0.05) is 30.3 Å². The minimum Gasteiger partial charge on any atom is -0.497 e. The van der Waals surface area contributed by atoms with Crippen LogP contribution in [0.2, 0.25) is 0 Å². The van der Waals surface area contributed by atoms with Gasteiger partial charge in [0.15, 0.2) is 0 Å². The predicted molar refractivity (Wildman–Crippen MR) is 123 cm³/mol. The van der Waals surface area contributed by atoms with Gasteiger partial charge in [-0.2, -0.15) is 0 Å². The molecule has 1 aliphatic heterocycles. The van der Waals surface area contributed by atoms with Crippen molar-refractivity contribution in [3.63, 3.8) is 0 Å². The maximum absolute atomic E-state index is 12.9. The Hall–Kier alpha value is -3.32. The second kappa shape index (κ2) is 8.81. The summed E-state index contributed by atoms with van der Waals surface area (Å²) in [6, 6.07) is 15.8. The SMILES string of the molecule is COC(=O)c1c(-c2ccc(OC)cc2)csc1NC(=O)CN1c2ccccc2CC1C. The number of methoxy groups -OCH3 is 2. The summed E-state index contributed by atoms with van der Waals surface area (Å²) in [6.45, 7) is 2.33. The van der Waals surface area contributed by atoms with Crippen molar-refractivity contribution in [1.82, 2.24) is 0 Å². The molecule has 4 rings (SSSR count). The number of nitrogens with zero attached hydrogens (tertiary/aromatic N) is 1. The van der Waals surface area contributed by atoms with Crippen molar-refractivity contribution >= 4 is 33.9 Å². The summed E-state index contributed by atoms with van der Waals surface area (Å²) in [5.41, 5.74) is 4.26. The van der Waals surface area contributed by atoms with E-state index in [1.165, 1.54) is 24.0 Å². The van der Waals surface area contributed by atoms with E-state index in [1.807, 2.05) is 47.8 Å². The number of carbonyl (C=O) groups is 2. The van der Waals surface area contributed by atoms with Crippen molar-refractivity contribution < 1.29 is 19.1 Å². The predicted octanol–water partition coefficient (Wildman–Crippen LogP) is 4.60. The Morgan fingerprint density at radius 3 is 2.58 bits per heavy atom. The molecule has 1 amide bonds. The number of ether oxygens (including phenoxy) is 2. The molecule has 160 valence electrons. The summed E-state index contributed by atoms with van der Waals surface area (Å²) in [5, 5.41) is 5.28. The minimum atomic E-state index is -0.484. The van der Waals surface area contributed by atoms with Crippen LogP contribution in [0.3, 0.4) is 0 Å². The molecular weight excluding hydrogens is 412 g/mol. The largest absolute Gasteiger partial charge is 0.497 e. The van der Waals surface area contributed by atoms with Crippen molar-refractivity contribution in [1.29, 1.82) is 0 Å². The molecule has 7 heteroatoms. The zero-order valence-corrected chi connectivity index (χ0v) is 18.5. The smallest absolute Gasteiger partial charge is 0.341 e. The Bertz CT molecular complexity index is 1110. The first kappa shape index (κ1) is 20.9. The van der Waals surface area contributed by atoms with E-state index >= 15 is 0 Å². The van der Waals surface area contributed by atoms with Crippen molar-refractivity contribution in [3.05, 3.63) is 65.0 Å². The number of carbonyl (C=O) groups excluding carboxylic acids is 2. The Kier molecular flexibility index (Phi) is 5.95. The van der Waals surface area contributed by atoms with Crippen LogP contribution in [0, 0.1) is 0 Å². The Morgan fingerprint density at radius 2 is 1.87 bits per heavy atom. The summed E-state index contributed by atoms with van der Waals surface area (Å²) in [6.07, 6.45) is 0.914. The lowest BCUT2D eigenvalue weighted by molar-refractivity contribution is -0.115. The van der Waals surface area contributed by atoms with Gasteiger partial charge < -0.3 is 19.7 Å². The van der Waals surface area contributed by atoms with E-state index in [1.54, 1.807) is 7.11 Å². The van der Waals surface area contributed by atoms with E-state index in [9.17, 15) is 9.59 Å². The van der Waals surface area contributed by atoms with Crippen LogP contribution in [0.1, 0.15) is 22.8 Å². The highest BCUT2D eigenvalue weighted by Gasteiger charge is 2.28. The number of esters is 1. The lowest BCUT2D eigenvalue weighted by Gasteiger charge is -2.24. The maximum atomic E-state index is 12.9. The zero-order valence-electron chi connectivity index (χ0n) is 17.7. The Morgan fingerprint density at radius 1 is 1.13 bits per heavy atom. The van der Waals surface area contributed by atoms with Crippen LogP contribution in [-0.2, 0) is 16.0 Å². The normalized spacial score (nSPS) is 14.8. The van der Waals surface area contributed by atoms with Gasteiger partial charge in [0.2, 0.25) is 5.91 Å².